The Morgan fingerprint density at radius 3 is 2.64 bits per heavy atom. The maximum Gasteiger partial charge on any atom is 0.270 e. The Kier molecular flexibility index (Phi) is 6.48. The topological polar surface area (TPSA) is 88.9 Å². The van der Waals surface area contributed by atoms with E-state index < -0.39 is 0 Å². The van der Waals surface area contributed by atoms with Gasteiger partial charge in [-0.05, 0) is 39.0 Å². The average Bonchev–Trinajstić information content (AvgIpc) is 3.26. The van der Waals surface area contributed by atoms with Crippen LogP contribution in [0.4, 0.5) is 5.13 Å². The van der Waals surface area contributed by atoms with Gasteiger partial charge in [0.05, 0.1) is 5.75 Å². The molecule has 0 aliphatic carbocycles. The third-order valence-electron chi connectivity index (χ3n) is 4.04. The van der Waals surface area contributed by atoms with Gasteiger partial charge in [0.25, 0.3) is 5.91 Å². The zero-order valence-corrected chi connectivity index (χ0v) is 17.5. The van der Waals surface area contributed by atoms with Gasteiger partial charge in [0.1, 0.15) is 0 Å². The summed E-state index contributed by atoms with van der Waals surface area (Å²) in [6.07, 6.45) is 0. The monoisotopic (exact) mass is 415 g/mol. The minimum atomic E-state index is -0.222. The second-order valence-electron chi connectivity index (χ2n) is 6.04. The molecule has 146 valence electrons. The van der Waals surface area contributed by atoms with E-state index in [1.165, 1.54) is 23.1 Å². The molecule has 0 bridgehead atoms. The van der Waals surface area contributed by atoms with Gasteiger partial charge in [-0.15, -0.1) is 10.2 Å². The van der Waals surface area contributed by atoms with E-state index in [2.05, 4.69) is 20.9 Å². The van der Waals surface area contributed by atoms with Gasteiger partial charge >= 0.3 is 0 Å². The van der Waals surface area contributed by atoms with Gasteiger partial charge in [-0.3, -0.25) is 19.7 Å². The molecule has 9 heteroatoms. The van der Waals surface area contributed by atoms with Gasteiger partial charge < -0.3 is 5.32 Å². The van der Waals surface area contributed by atoms with Gasteiger partial charge in [-0.2, -0.15) is 0 Å². The summed E-state index contributed by atoms with van der Waals surface area (Å²) in [6, 6.07) is 10.8. The predicted molar refractivity (Wildman–Crippen MR) is 113 cm³/mol. The van der Waals surface area contributed by atoms with E-state index in [4.69, 9.17) is 0 Å². The Bertz CT molecular complexity index is 982. The Morgan fingerprint density at radius 1 is 1.18 bits per heavy atom. The van der Waals surface area contributed by atoms with Gasteiger partial charge in [-0.1, -0.05) is 41.3 Å². The van der Waals surface area contributed by atoms with Crippen molar-refractivity contribution in [2.45, 2.75) is 25.1 Å². The van der Waals surface area contributed by atoms with E-state index in [1.807, 2.05) is 39.0 Å². The molecule has 2 aromatic heterocycles. The number of carbonyl (C=O) groups excluding carboxylic acids is 2. The molecule has 1 aromatic carbocycles. The van der Waals surface area contributed by atoms with Gasteiger partial charge in [0, 0.05) is 29.1 Å². The van der Waals surface area contributed by atoms with E-state index in [1.54, 1.807) is 22.9 Å². The largest absolute Gasteiger partial charge is 0.360 e. The molecule has 2 N–H and O–H groups in total. The van der Waals surface area contributed by atoms with Crippen LogP contribution >= 0.6 is 23.1 Å². The minimum absolute atomic E-state index is 0.0153. The number of benzene rings is 1. The number of nitrogens with one attached hydrogen (secondary N) is 2. The van der Waals surface area contributed by atoms with Crippen molar-refractivity contribution in [1.82, 2.24) is 14.9 Å². The molecule has 7 nitrogen and oxygen atoms in total. The summed E-state index contributed by atoms with van der Waals surface area (Å²) in [5.41, 5.74) is 5.50. The molecule has 0 saturated heterocycles. The molecular formula is C19H21N5O2S2. The van der Waals surface area contributed by atoms with Crippen LogP contribution in [-0.2, 0) is 0 Å². The molecule has 0 spiro atoms. The van der Waals surface area contributed by atoms with Crippen LogP contribution in [0.2, 0.25) is 0 Å². The number of thioether (sulfide) groups is 1. The minimum Gasteiger partial charge on any atom is -0.360 e. The molecule has 0 fully saturated rings. The summed E-state index contributed by atoms with van der Waals surface area (Å²) in [4.78, 5) is 25.1. The number of rotatable bonds is 8. The van der Waals surface area contributed by atoms with Crippen LogP contribution in [0.5, 0.6) is 0 Å². The van der Waals surface area contributed by atoms with Crippen LogP contribution in [0.25, 0.3) is 0 Å². The van der Waals surface area contributed by atoms with Crippen molar-refractivity contribution < 1.29 is 9.59 Å². The first-order valence-corrected chi connectivity index (χ1v) is 10.6. The number of carbonyl (C=O) groups is 2. The highest BCUT2D eigenvalue weighted by Gasteiger charge is 2.18. The number of anilines is 1. The molecule has 3 aromatic rings. The molecule has 3 rings (SSSR count). The zero-order chi connectivity index (χ0) is 20.1. The molecule has 0 atom stereocenters. The highest BCUT2D eigenvalue weighted by molar-refractivity contribution is 8.01. The normalized spacial score (nSPS) is 10.7. The summed E-state index contributed by atoms with van der Waals surface area (Å²) in [7, 11) is 0. The number of aryl methyl sites for hydroxylation is 1. The van der Waals surface area contributed by atoms with Crippen molar-refractivity contribution in [2.75, 3.05) is 23.0 Å². The Labute approximate surface area is 171 Å². The molecule has 0 aliphatic heterocycles. The number of hydrogen-bond donors (Lipinski definition) is 2. The highest BCUT2D eigenvalue weighted by atomic mass is 32.2. The smallest absolute Gasteiger partial charge is 0.270 e. The fourth-order valence-electron chi connectivity index (χ4n) is 2.67. The van der Waals surface area contributed by atoms with Crippen LogP contribution < -0.4 is 10.7 Å². The molecule has 0 radical (unpaired) electrons. The summed E-state index contributed by atoms with van der Waals surface area (Å²) in [6.45, 7) is 6.45. The molecule has 2 heterocycles. The standard InChI is InChI=1S/C19H21N5O2S2/c1-4-20-18-21-22-19(28-18)27-11-16(25)15-10-12(2)24(13(15)3)23-17(26)14-8-6-5-7-9-14/h5-10H,4,11H2,1-3H3,(H,20,21)(H,23,26). The predicted octanol–water partition coefficient (Wildman–Crippen LogP) is 3.75. The number of ketones is 1. The number of nitrogens with zero attached hydrogens (tertiary/aromatic N) is 3. The summed E-state index contributed by atoms with van der Waals surface area (Å²) >= 11 is 2.79. The second kappa shape index (κ2) is 9.03. The van der Waals surface area contributed by atoms with E-state index in [-0.39, 0.29) is 17.4 Å². The van der Waals surface area contributed by atoms with Crippen LogP contribution in [0, 0.1) is 13.8 Å². The van der Waals surface area contributed by atoms with Gasteiger partial charge in [0.15, 0.2) is 10.1 Å². The van der Waals surface area contributed by atoms with Gasteiger partial charge in [0.2, 0.25) is 5.13 Å². The molecular weight excluding hydrogens is 394 g/mol. The van der Waals surface area contributed by atoms with Crippen molar-refractivity contribution in [1.29, 1.82) is 0 Å². The first-order chi connectivity index (χ1) is 13.5. The van der Waals surface area contributed by atoms with E-state index in [0.29, 0.717) is 16.8 Å². The fraction of sp³-hybridized carbons (Fsp3) is 0.263. The SMILES string of the molecule is CCNc1nnc(SCC(=O)c2cc(C)n(NC(=O)c3ccccc3)c2C)s1. The Balaban J connectivity index is 1.68. The van der Waals surface area contributed by atoms with Crippen LogP contribution in [-0.4, -0.2) is 38.9 Å². The van der Waals surface area contributed by atoms with Crippen molar-refractivity contribution >= 4 is 39.9 Å². The second-order valence-corrected chi connectivity index (χ2v) is 8.24. The Hall–Kier alpha value is -2.65. The first-order valence-electron chi connectivity index (χ1n) is 8.78. The third kappa shape index (κ3) is 4.60. The van der Waals surface area contributed by atoms with Crippen molar-refractivity contribution in [3.05, 3.63) is 58.9 Å². The number of hydrogen-bond acceptors (Lipinski definition) is 7. The van der Waals surface area contributed by atoms with Gasteiger partial charge in [-0.25, -0.2) is 0 Å². The van der Waals surface area contributed by atoms with E-state index in [9.17, 15) is 9.59 Å². The lowest BCUT2D eigenvalue weighted by Crippen LogP contribution is -2.25. The van der Waals surface area contributed by atoms with Crippen LogP contribution in [0.3, 0.4) is 0 Å². The van der Waals surface area contributed by atoms with Crippen LogP contribution in [0.1, 0.15) is 39.0 Å². The molecule has 0 saturated carbocycles. The molecule has 0 aliphatic rings. The molecule has 0 unspecified atom stereocenters. The lowest BCUT2D eigenvalue weighted by atomic mass is 10.2. The number of aromatic nitrogens is 3. The summed E-state index contributed by atoms with van der Waals surface area (Å²) in [5, 5.41) is 12.0. The van der Waals surface area contributed by atoms with Crippen molar-refractivity contribution in [3.63, 3.8) is 0 Å². The van der Waals surface area contributed by atoms with E-state index in [0.717, 1.165) is 21.7 Å². The van der Waals surface area contributed by atoms with Crippen LogP contribution in [0.15, 0.2) is 40.7 Å². The first kappa shape index (κ1) is 20.1. The number of Topliss-reactive ketones (excluding diaryl/α,β-unsaturated/α-hetero) is 1. The molecule has 1 amide bonds. The number of amides is 1. The molecule has 28 heavy (non-hydrogen) atoms. The fourth-order valence-corrected chi connectivity index (χ4v) is 4.37. The summed E-state index contributed by atoms with van der Waals surface area (Å²) in [5.74, 6) is 0.0246. The average molecular weight is 416 g/mol. The quantitative estimate of drug-likeness (QED) is 0.430. The lowest BCUT2D eigenvalue weighted by Gasteiger charge is -2.11. The zero-order valence-electron chi connectivity index (χ0n) is 15.9. The maximum absolute atomic E-state index is 12.7. The highest BCUT2D eigenvalue weighted by Crippen LogP contribution is 2.26. The van der Waals surface area contributed by atoms with Crippen molar-refractivity contribution in [3.8, 4) is 0 Å². The summed E-state index contributed by atoms with van der Waals surface area (Å²) < 4.78 is 2.40. The Morgan fingerprint density at radius 2 is 1.93 bits per heavy atom. The maximum atomic E-state index is 12.7. The third-order valence-corrected chi connectivity index (χ3v) is 6.06. The lowest BCUT2D eigenvalue weighted by molar-refractivity contribution is 0.0999. The van der Waals surface area contributed by atoms with Crippen molar-refractivity contribution in [2.24, 2.45) is 0 Å². The van der Waals surface area contributed by atoms with E-state index >= 15 is 0 Å².